The minimum atomic E-state index is -4.04. The molecular weight excluding hydrogens is 897 g/mol. The zero-order chi connectivity index (χ0) is 48.4. The summed E-state index contributed by atoms with van der Waals surface area (Å²) in [5.41, 5.74) is -0.958. The van der Waals surface area contributed by atoms with Crippen LogP contribution in [-0.2, 0) is 19.7 Å². The van der Waals surface area contributed by atoms with E-state index in [1.807, 2.05) is 27.7 Å². The summed E-state index contributed by atoms with van der Waals surface area (Å²) in [5, 5.41) is 21.2. The molecule has 0 bridgehead atoms. The van der Waals surface area contributed by atoms with Crippen molar-refractivity contribution in [2.45, 2.75) is 84.2 Å². The van der Waals surface area contributed by atoms with Gasteiger partial charge in [0.2, 0.25) is 19.7 Å². The minimum absolute atomic E-state index is 0.0234. The molecule has 0 aliphatic carbocycles. The van der Waals surface area contributed by atoms with Gasteiger partial charge in [0.15, 0.2) is 0 Å². The molecule has 0 heterocycles. The van der Waals surface area contributed by atoms with Crippen molar-refractivity contribution in [1.29, 1.82) is 0 Å². The molecular formula is C56H50O10S2. The van der Waals surface area contributed by atoms with Crippen LogP contribution in [0.3, 0.4) is 0 Å². The van der Waals surface area contributed by atoms with E-state index in [0.29, 0.717) is 71.3 Å². The molecule has 0 atom stereocenters. The SMILES string of the molecule is CCC(O)(C#Cc1cccc(Oc2ccccc2S(=O)(=O)c2ccc(Oc3cccc(Oc4ccc(S(=O)(=O)c5ccccc5Oc5cccc(C#CC(O)(CC)CC)c5)cc4)c3)cc2)c1)CC. The Bertz CT molecular complexity index is 3030. The molecule has 10 nitrogen and oxygen atoms in total. The van der Waals surface area contributed by atoms with Crippen molar-refractivity contribution in [3.05, 3.63) is 181 Å². The van der Waals surface area contributed by atoms with E-state index in [1.54, 1.807) is 133 Å². The number of rotatable bonds is 16. The van der Waals surface area contributed by atoms with Gasteiger partial charge in [0.05, 0.1) is 9.79 Å². The lowest BCUT2D eigenvalue weighted by Gasteiger charge is -2.17. The fraction of sp³-hybridized carbons (Fsp3) is 0.179. The van der Waals surface area contributed by atoms with E-state index in [-0.39, 0.29) is 31.1 Å². The summed E-state index contributed by atoms with van der Waals surface area (Å²) >= 11 is 0. The predicted molar refractivity (Wildman–Crippen MR) is 261 cm³/mol. The van der Waals surface area contributed by atoms with E-state index in [9.17, 15) is 27.0 Å². The number of sulfone groups is 2. The van der Waals surface area contributed by atoms with Gasteiger partial charge < -0.3 is 29.2 Å². The summed E-state index contributed by atoms with van der Waals surface area (Å²) in [5.74, 6) is 14.5. The largest absolute Gasteiger partial charge is 0.457 e. The van der Waals surface area contributed by atoms with Crippen molar-refractivity contribution < 1.29 is 46.0 Å². The van der Waals surface area contributed by atoms with Gasteiger partial charge in [-0.25, -0.2) is 16.8 Å². The van der Waals surface area contributed by atoms with E-state index in [2.05, 4.69) is 23.7 Å². The first-order valence-corrected chi connectivity index (χ1v) is 25.0. The number of hydrogen-bond acceptors (Lipinski definition) is 10. The van der Waals surface area contributed by atoms with E-state index in [4.69, 9.17) is 18.9 Å². The van der Waals surface area contributed by atoms with Crippen LogP contribution in [0.2, 0.25) is 0 Å². The Hall–Kier alpha value is -7.32. The Morgan fingerprint density at radius 2 is 0.735 bits per heavy atom. The van der Waals surface area contributed by atoms with Gasteiger partial charge in [-0.1, -0.05) is 93.8 Å². The van der Waals surface area contributed by atoms with Crippen LogP contribution < -0.4 is 18.9 Å². The smallest absolute Gasteiger partial charge is 0.210 e. The fourth-order valence-electron chi connectivity index (χ4n) is 6.77. The highest BCUT2D eigenvalue weighted by molar-refractivity contribution is 7.92. The number of benzene rings is 7. The molecule has 2 N–H and O–H groups in total. The second-order valence-corrected chi connectivity index (χ2v) is 19.6. The van der Waals surface area contributed by atoms with Gasteiger partial charge in [0, 0.05) is 17.2 Å². The van der Waals surface area contributed by atoms with Gasteiger partial charge in [-0.2, -0.15) is 0 Å². The Balaban J connectivity index is 1.01. The van der Waals surface area contributed by atoms with Crippen LogP contribution in [0.4, 0.5) is 0 Å². The molecule has 0 saturated heterocycles. The van der Waals surface area contributed by atoms with Gasteiger partial charge in [0.25, 0.3) is 0 Å². The lowest BCUT2D eigenvalue weighted by Crippen LogP contribution is -2.23. The molecule has 0 aromatic heterocycles. The van der Waals surface area contributed by atoms with Crippen molar-refractivity contribution in [3.63, 3.8) is 0 Å². The van der Waals surface area contributed by atoms with Crippen LogP contribution in [0.15, 0.2) is 189 Å². The first kappa shape index (κ1) is 48.6. The zero-order valence-corrected chi connectivity index (χ0v) is 39.6. The second kappa shape index (κ2) is 21.1. The van der Waals surface area contributed by atoms with Crippen LogP contribution in [0.1, 0.15) is 64.5 Å². The summed E-state index contributed by atoms with van der Waals surface area (Å²) in [6.07, 6.45) is 1.95. The average Bonchev–Trinajstić information content (AvgIpc) is 3.36. The van der Waals surface area contributed by atoms with Crippen LogP contribution >= 0.6 is 0 Å². The number of hydrogen-bond donors (Lipinski definition) is 2. The fourth-order valence-corrected chi connectivity index (χ4v) is 9.53. The second-order valence-electron chi connectivity index (χ2n) is 15.8. The highest BCUT2D eigenvalue weighted by Crippen LogP contribution is 2.37. The molecule has 0 radical (unpaired) electrons. The predicted octanol–water partition coefficient (Wildman–Crippen LogP) is 12.3. The maximum absolute atomic E-state index is 13.9. The lowest BCUT2D eigenvalue weighted by molar-refractivity contribution is 0.0927. The summed E-state index contributed by atoms with van der Waals surface area (Å²) in [6, 6.07) is 45.5. The van der Waals surface area contributed by atoms with Gasteiger partial charge in [-0.05, 0) is 147 Å². The molecule has 12 heteroatoms. The molecule has 7 aromatic rings. The number of aliphatic hydroxyl groups is 2. The number of para-hydroxylation sites is 2. The molecule has 0 aliphatic rings. The molecule has 0 saturated carbocycles. The highest BCUT2D eigenvalue weighted by atomic mass is 32.2. The molecule has 0 amide bonds. The normalized spacial score (nSPS) is 11.6. The van der Waals surface area contributed by atoms with Crippen molar-refractivity contribution in [2.75, 3.05) is 0 Å². The summed E-state index contributed by atoms with van der Waals surface area (Å²) in [6.45, 7) is 7.49. The van der Waals surface area contributed by atoms with Crippen LogP contribution in [0.5, 0.6) is 46.0 Å². The first-order chi connectivity index (χ1) is 32.7. The standard InChI is InChI=1S/C56H50O10S2/c1-5-55(57,6-2)36-34-41-16-13-18-45(38-41)65-51-22-9-11-24-53(51)67(59,60)49-30-26-43(27-31-49)63-47-20-15-21-48(40-47)64-44-28-32-50(33-29-44)68(61,62)54-25-12-10-23-52(54)66-46-19-14-17-42(39-46)35-37-56(58,7-3)8-4/h9-33,38-40,57-58H,5-8H2,1-4H3. The number of ether oxygens (including phenoxy) is 4. The van der Waals surface area contributed by atoms with Crippen LogP contribution in [-0.4, -0.2) is 38.3 Å². The van der Waals surface area contributed by atoms with E-state index >= 15 is 0 Å². The van der Waals surface area contributed by atoms with Crippen molar-refractivity contribution in [3.8, 4) is 69.7 Å². The third kappa shape index (κ3) is 11.8. The summed E-state index contributed by atoms with van der Waals surface area (Å²) in [4.78, 5) is 0.0140. The first-order valence-electron chi connectivity index (χ1n) is 22.1. The topological polar surface area (TPSA) is 146 Å². The third-order valence-corrected chi connectivity index (χ3v) is 14.8. The summed E-state index contributed by atoms with van der Waals surface area (Å²) in [7, 11) is -8.07. The Morgan fingerprint density at radius 1 is 0.397 bits per heavy atom. The molecule has 7 aromatic carbocycles. The molecule has 0 aliphatic heterocycles. The van der Waals surface area contributed by atoms with Gasteiger partial charge in [-0.15, -0.1) is 0 Å². The Morgan fingerprint density at radius 3 is 1.10 bits per heavy atom. The molecule has 7 rings (SSSR count). The van der Waals surface area contributed by atoms with E-state index in [1.165, 1.54) is 36.4 Å². The maximum Gasteiger partial charge on any atom is 0.210 e. The molecule has 0 spiro atoms. The van der Waals surface area contributed by atoms with Crippen LogP contribution in [0, 0.1) is 23.7 Å². The van der Waals surface area contributed by atoms with Gasteiger partial charge in [0.1, 0.15) is 67.0 Å². The van der Waals surface area contributed by atoms with Gasteiger partial charge >= 0.3 is 0 Å². The van der Waals surface area contributed by atoms with Crippen LogP contribution in [0.25, 0.3) is 0 Å². The molecule has 346 valence electrons. The highest BCUT2D eigenvalue weighted by Gasteiger charge is 2.25. The van der Waals surface area contributed by atoms with Crippen molar-refractivity contribution >= 4 is 19.7 Å². The zero-order valence-electron chi connectivity index (χ0n) is 38.0. The maximum atomic E-state index is 13.9. The molecule has 0 unspecified atom stereocenters. The monoisotopic (exact) mass is 946 g/mol. The third-order valence-electron chi connectivity index (χ3n) is 11.2. The summed E-state index contributed by atoms with van der Waals surface area (Å²) < 4.78 is 80.1. The van der Waals surface area contributed by atoms with E-state index in [0.717, 1.165) is 0 Å². The minimum Gasteiger partial charge on any atom is -0.457 e. The van der Waals surface area contributed by atoms with Crippen molar-refractivity contribution in [1.82, 2.24) is 0 Å². The molecule has 0 fully saturated rings. The van der Waals surface area contributed by atoms with Gasteiger partial charge in [-0.3, -0.25) is 0 Å². The Labute approximate surface area is 398 Å². The van der Waals surface area contributed by atoms with E-state index < -0.39 is 30.9 Å². The average molecular weight is 947 g/mol. The quantitative estimate of drug-likeness (QED) is 0.0898. The lowest BCUT2D eigenvalue weighted by atomic mass is 9.98. The molecule has 68 heavy (non-hydrogen) atoms. The van der Waals surface area contributed by atoms with Crippen molar-refractivity contribution in [2.24, 2.45) is 0 Å². The Kier molecular flexibility index (Phi) is 15.1.